The number of hydrogen-bond acceptors (Lipinski definition) is 4. The Morgan fingerprint density at radius 2 is 1.95 bits per heavy atom. The van der Waals surface area contributed by atoms with Crippen molar-refractivity contribution in [1.29, 1.82) is 0 Å². The molecule has 1 heterocycles. The van der Waals surface area contributed by atoms with Crippen molar-refractivity contribution in [3.05, 3.63) is 53.1 Å². The molecule has 0 bridgehead atoms. The average Bonchev–Trinajstić information content (AvgIpc) is 2.89. The Hall–Kier alpha value is -1.91. The summed E-state index contributed by atoms with van der Waals surface area (Å²) in [6.45, 7) is 0.861. The Kier molecular flexibility index (Phi) is 3.44. The second-order valence-electron chi connectivity index (χ2n) is 4.16. The monoisotopic (exact) mass is 276 g/mol. The van der Waals surface area contributed by atoms with Crippen LogP contribution in [-0.2, 0) is 6.54 Å². The van der Waals surface area contributed by atoms with Crippen LogP contribution in [0.25, 0.3) is 0 Å². The highest BCUT2D eigenvalue weighted by atomic mass is 35.5. The number of fused-ring (bicyclic) bond motifs is 1. The Labute approximate surface area is 116 Å². The van der Waals surface area contributed by atoms with Crippen LogP contribution in [0.15, 0.2) is 42.5 Å². The van der Waals surface area contributed by atoms with Crippen molar-refractivity contribution in [2.75, 3.05) is 12.2 Å². The molecule has 1 aliphatic rings. The fourth-order valence-corrected chi connectivity index (χ4v) is 2.18. The minimum atomic E-state index is 0.230. The van der Waals surface area contributed by atoms with E-state index in [1.165, 1.54) is 0 Å². The minimum Gasteiger partial charge on any atom is -0.454 e. The lowest BCUT2D eigenvalue weighted by Crippen LogP contribution is -2.20. The van der Waals surface area contributed by atoms with Gasteiger partial charge in [-0.3, -0.25) is 0 Å². The Balaban J connectivity index is 1.63. The lowest BCUT2D eigenvalue weighted by molar-refractivity contribution is 0.174. The summed E-state index contributed by atoms with van der Waals surface area (Å²) in [6.07, 6.45) is 0. The maximum absolute atomic E-state index is 6.12. The van der Waals surface area contributed by atoms with Crippen molar-refractivity contribution in [2.45, 2.75) is 6.54 Å². The predicted molar refractivity (Wildman–Crippen MR) is 74.5 cm³/mol. The Morgan fingerprint density at radius 1 is 1.11 bits per heavy atom. The molecule has 0 spiro atoms. The quantitative estimate of drug-likeness (QED) is 0.842. The molecule has 2 aromatic rings. The summed E-state index contributed by atoms with van der Waals surface area (Å²) in [4.78, 5) is 0. The average molecular weight is 277 g/mol. The van der Waals surface area contributed by atoms with Crippen LogP contribution in [-0.4, -0.2) is 6.79 Å². The van der Waals surface area contributed by atoms with E-state index in [-0.39, 0.29) is 6.79 Å². The molecule has 2 aromatic carbocycles. The zero-order valence-corrected chi connectivity index (χ0v) is 10.9. The van der Waals surface area contributed by atoms with E-state index in [1.807, 2.05) is 42.5 Å². The molecule has 2 N–H and O–H groups in total. The SMILES string of the molecule is Clc1cc(CNNc2ccccc2)cc2c1OCO2. The summed E-state index contributed by atoms with van der Waals surface area (Å²) in [6, 6.07) is 13.7. The van der Waals surface area contributed by atoms with Gasteiger partial charge >= 0.3 is 0 Å². The first kappa shape index (κ1) is 12.1. The molecule has 4 nitrogen and oxygen atoms in total. The van der Waals surface area contributed by atoms with E-state index in [9.17, 15) is 0 Å². The number of ether oxygens (including phenoxy) is 2. The first-order valence-corrected chi connectivity index (χ1v) is 6.33. The third kappa shape index (κ3) is 2.75. The molecule has 0 saturated carbocycles. The molecule has 5 heteroatoms. The third-order valence-electron chi connectivity index (χ3n) is 2.79. The van der Waals surface area contributed by atoms with Crippen LogP contribution in [0.5, 0.6) is 11.5 Å². The molecule has 3 rings (SSSR count). The van der Waals surface area contributed by atoms with E-state index in [0.29, 0.717) is 23.1 Å². The van der Waals surface area contributed by atoms with Gasteiger partial charge in [0.2, 0.25) is 6.79 Å². The van der Waals surface area contributed by atoms with Gasteiger partial charge in [-0.05, 0) is 29.8 Å². The molecular formula is C14H13ClN2O2. The van der Waals surface area contributed by atoms with E-state index in [1.54, 1.807) is 0 Å². The number of benzene rings is 2. The molecule has 0 saturated heterocycles. The van der Waals surface area contributed by atoms with Crippen LogP contribution in [0.3, 0.4) is 0 Å². The van der Waals surface area contributed by atoms with Gasteiger partial charge in [-0.15, -0.1) is 0 Å². The van der Waals surface area contributed by atoms with Crippen molar-refractivity contribution >= 4 is 17.3 Å². The lowest BCUT2D eigenvalue weighted by Gasteiger charge is -2.09. The number of para-hydroxylation sites is 1. The smallest absolute Gasteiger partial charge is 0.231 e. The lowest BCUT2D eigenvalue weighted by atomic mass is 10.2. The van der Waals surface area contributed by atoms with E-state index in [0.717, 1.165) is 11.3 Å². The molecule has 1 aliphatic heterocycles. The maximum atomic E-state index is 6.12. The summed E-state index contributed by atoms with van der Waals surface area (Å²) in [5.41, 5.74) is 8.28. The van der Waals surface area contributed by atoms with Crippen molar-refractivity contribution in [1.82, 2.24) is 5.43 Å². The Morgan fingerprint density at radius 3 is 2.79 bits per heavy atom. The van der Waals surface area contributed by atoms with Crippen LogP contribution in [0, 0.1) is 0 Å². The molecular weight excluding hydrogens is 264 g/mol. The van der Waals surface area contributed by atoms with Gasteiger partial charge < -0.3 is 14.9 Å². The number of hydrogen-bond donors (Lipinski definition) is 2. The highest BCUT2D eigenvalue weighted by Crippen LogP contribution is 2.39. The maximum Gasteiger partial charge on any atom is 0.231 e. The van der Waals surface area contributed by atoms with Crippen molar-refractivity contribution in [3.63, 3.8) is 0 Å². The van der Waals surface area contributed by atoms with Gasteiger partial charge in [0.05, 0.1) is 5.02 Å². The van der Waals surface area contributed by atoms with Crippen molar-refractivity contribution < 1.29 is 9.47 Å². The summed E-state index contributed by atoms with van der Waals surface area (Å²) in [7, 11) is 0. The molecule has 0 radical (unpaired) electrons. The van der Waals surface area contributed by atoms with Gasteiger partial charge in [0.15, 0.2) is 11.5 Å². The second-order valence-corrected chi connectivity index (χ2v) is 4.56. The normalized spacial score (nSPS) is 12.5. The summed E-state index contributed by atoms with van der Waals surface area (Å²) >= 11 is 6.12. The van der Waals surface area contributed by atoms with E-state index in [4.69, 9.17) is 21.1 Å². The van der Waals surface area contributed by atoms with Gasteiger partial charge in [0, 0.05) is 12.2 Å². The first-order valence-electron chi connectivity index (χ1n) is 5.95. The van der Waals surface area contributed by atoms with Gasteiger partial charge in [-0.2, -0.15) is 0 Å². The van der Waals surface area contributed by atoms with Gasteiger partial charge in [-0.25, -0.2) is 5.43 Å². The van der Waals surface area contributed by atoms with Gasteiger partial charge in [0.1, 0.15) is 0 Å². The molecule has 0 aliphatic carbocycles. The predicted octanol–water partition coefficient (Wildman–Crippen LogP) is 3.19. The molecule has 98 valence electrons. The zero-order chi connectivity index (χ0) is 13.1. The fourth-order valence-electron chi connectivity index (χ4n) is 1.89. The molecule has 19 heavy (non-hydrogen) atoms. The van der Waals surface area contributed by atoms with Crippen LogP contribution in [0.4, 0.5) is 5.69 Å². The number of anilines is 1. The van der Waals surface area contributed by atoms with Crippen LogP contribution in [0.1, 0.15) is 5.56 Å². The fraction of sp³-hybridized carbons (Fsp3) is 0.143. The third-order valence-corrected chi connectivity index (χ3v) is 3.07. The standard InChI is InChI=1S/C14H13ClN2O2/c15-12-6-10(7-13-14(12)19-9-18-13)8-16-17-11-4-2-1-3-5-11/h1-7,16-17H,8-9H2. The number of rotatable bonds is 4. The summed E-state index contributed by atoms with van der Waals surface area (Å²) < 4.78 is 10.6. The summed E-state index contributed by atoms with van der Waals surface area (Å²) in [5, 5.41) is 0.575. The number of hydrazine groups is 1. The highest BCUT2D eigenvalue weighted by Gasteiger charge is 2.17. The van der Waals surface area contributed by atoms with Crippen LogP contribution in [0.2, 0.25) is 5.02 Å². The molecule has 0 amide bonds. The van der Waals surface area contributed by atoms with Gasteiger partial charge in [0.25, 0.3) is 0 Å². The van der Waals surface area contributed by atoms with E-state index in [2.05, 4.69) is 10.9 Å². The minimum absolute atomic E-state index is 0.230. The number of halogens is 1. The topological polar surface area (TPSA) is 42.5 Å². The highest BCUT2D eigenvalue weighted by molar-refractivity contribution is 6.32. The molecule has 0 atom stereocenters. The zero-order valence-electron chi connectivity index (χ0n) is 10.2. The van der Waals surface area contributed by atoms with Crippen LogP contribution >= 0.6 is 11.6 Å². The van der Waals surface area contributed by atoms with Crippen LogP contribution < -0.4 is 20.3 Å². The molecule has 0 aromatic heterocycles. The van der Waals surface area contributed by atoms with E-state index >= 15 is 0 Å². The Bertz CT molecular complexity index is 575. The van der Waals surface area contributed by atoms with Gasteiger partial charge in [-0.1, -0.05) is 29.8 Å². The summed E-state index contributed by atoms with van der Waals surface area (Å²) in [5.74, 6) is 1.32. The van der Waals surface area contributed by atoms with E-state index < -0.39 is 0 Å². The van der Waals surface area contributed by atoms with Crippen molar-refractivity contribution in [2.24, 2.45) is 0 Å². The van der Waals surface area contributed by atoms with Crippen molar-refractivity contribution in [3.8, 4) is 11.5 Å². The number of nitrogens with one attached hydrogen (secondary N) is 2. The first-order chi connectivity index (χ1) is 9.33. The largest absolute Gasteiger partial charge is 0.454 e. The molecule has 0 unspecified atom stereocenters. The molecule has 0 fully saturated rings. The second kappa shape index (κ2) is 5.38.